The van der Waals surface area contributed by atoms with Crippen LogP contribution in [0, 0.1) is 25.0 Å². The smallest absolute Gasteiger partial charge is 0.408 e. The Labute approximate surface area is 199 Å². The van der Waals surface area contributed by atoms with Crippen molar-refractivity contribution in [1.29, 1.82) is 0 Å². The van der Waals surface area contributed by atoms with Gasteiger partial charge in [-0.05, 0) is 6.42 Å². The van der Waals surface area contributed by atoms with Crippen LogP contribution in [0.2, 0.25) is 0 Å². The van der Waals surface area contributed by atoms with E-state index < -0.39 is 43.1 Å². The molecule has 13 nitrogen and oxygen atoms in total. The van der Waals surface area contributed by atoms with Crippen molar-refractivity contribution in [1.82, 2.24) is 15.6 Å². The summed E-state index contributed by atoms with van der Waals surface area (Å²) >= 11 is 1.42. The number of aliphatic carboxylic acids is 3. The van der Waals surface area contributed by atoms with E-state index in [1.807, 2.05) is 5.32 Å². The van der Waals surface area contributed by atoms with E-state index in [0.29, 0.717) is 5.56 Å². The molecule has 1 atom stereocenters. The van der Waals surface area contributed by atoms with Gasteiger partial charge in [0, 0.05) is 6.42 Å². The average Bonchev–Trinajstić information content (AvgIpc) is 2.75. The number of alkyl carbamates (subject to hydrolysis) is 1. The van der Waals surface area contributed by atoms with E-state index in [1.165, 1.54) is 25.0 Å². The molecule has 0 aromatic carbocycles. The van der Waals surface area contributed by atoms with E-state index in [-0.39, 0.29) is 12.3 Å². The first-order valence-electron chi connectivity index (χ1n) is 9.30. The van der Waals surface area contributed by atoms with Crippen molar-refractivity contribution in [3.8, 4) is 0 Å². The molecule has 0 radical (unpaired) electrons. The minimum Gasteiger partial charge on any atom is -0.481 e. The van der Waals surface area contributed by atoms with Gasteiger partial charge in [-0.3, -0.25) is 4.79 Å². The molecule has 1 rings (SSSR count). The zero-order valence-electron chi connectivity index (χ0n) is 17.2. The van der Waals surface area contributed by atoms with Crippen LogP contribution in [0.4, 0.5) is 10.5 Å². The second-order valence-corrected chi connectivity index (χ2v) is 6.84. The maximum absolute atomic E-state index is 11.6. The molecule has 178 valence electrons. The largest absolute Gasteiger partial charge is 0.481 e. The number of aromatic nitrogens is 1. The molecule has 0 aliphatic carbocycles. The van der Waals surface area contributed by atoms with E-state index in [2.05, 4.69) is 25.2 Å². The summed E-state index contributed by atoms with van der Waals surface area (Å²) < 4.78 is 7.13. The Morgan fingerprint density at radius 3 is 2.34 bits per heavy atom. The minimum absolute atomic E-state index is 0.0558. The first-order chi connectivity index (χ1) is 15.1. The van der Waals surface area contributed by atoms with Gasteiger partial charge in [-0.1, -0.05) is 0 Å². The molecule has 14 heteroatoms. The van der Waals surface area contributed by atoms with Crippen LogP contribution in [0.15, 0.2) is 18.5 Å². The molecule has 0 aliphatic heterocycles. The van der Waals surface area contributed by atoms with E-state index >= 15 is 0 Å². The first kappa shape index (κ1) is 29.0. The molecule has 32 heavy (non-hydrogen) atoms. The van der Waals surface area contributed by atoms with Gasteiger partial charge in [0.25, 0.3) is 0 Å². The molecule has 1 aromatic rings. The number of nitrogens with one attached hydrogen (secondary N) is 3. The summed E-state index contributed by atoms with van der Waals surface area (Å²) in [4.78, 5) is 57.4. The van der Waals surface area contributed by atoms with E-state index in [9.17, 15) is 24.0 Å². The molecule has 6 N–H and O–H groups in total. The molecule has 0 aliphatic rings. The van der Waals surface area contributed by atoms with Crippen molar-refractivity contribution in [3.63, 3.8) is 0 Å². The number of rotatable bonds is 12. The number of ether oxygens (including phenoxy) is 1. The zero-order chi connectivity index (χ0) is 24.5. The molecule has 0 saturated heterocycles. The Balaban J connectivity index is 0.000000604. The Morgan fingerprint density at radius 2 is 1.81 bits per heavy atom. The Hall–Kier alpha value is -3.02. The molecule has 2 amide bonds. The fourth-order valence-corrected chi connectivity index (χ4v) is 2.33. The van der Waals surface area contributed by atoms with Gasteiger partial charge in [0.05, 0.1) is 0 Å². The van der Waals surface area contributed by atoms with Crippen LogP contribution in [0.3, 0.4) is 0 Å². The van der Waals surface area contributed by atoms with Crippen molar-refractivity contribution in [2.75, 3.05) is 16.4 Å². The summed E-state index contributed by atoms with van der Waals surface area (Å²) in [6, 6.07) is 0.362. The van der Waals surface area contributed by atoms with Crippen molar-refractivity contribution in [3.05, 3.63) is 24.0 Å². The summed E-state index contributed by atoms with van der Waals surface area (Å²) in [5.74, 6) is -4.09. The molecule has 1 aromatic heterocycles. The number of carbonyl (C=O) groups is 5. The number of anilines is 1. The standard InChI is InChI=1S/C10H14AtN3O.C8H11NO8/c1-2-3-4-13-10(15)8-5-9(14-11)7-12-6-8;10-5(11)2-1-4(7(14)15)9-8(16)17-3-6(12)13/h5-7,14H,2-4H2,1H3,(H,13,15);4H,1-3H2,(H,9,16)(H,10,11)(H,12,13)(H,14,15). The first-order valence-corrected chi connectivity index (χ1v) is 10.8. The van der Waals surface area contributed by atoms with Crippen LogP contribution in [0.25, 0.3) is 0 Å². The SMILES string of the molecule is CCCCNC(=O)c1cncc(N[At])c1.O=C(O)CCC(NC(=O)OCC(=O)O)C(=O)O. The fourth-order valence-electron chi connectivity index (χ4n) is 1.93. The maximum atomic E-state index is 11.6. The second kappa shape index (κ2) is 16.6. The number of hydrogen-bond donors (Lipinski definition) is 6. The summed E-state index contributed by atoms with van der Waals surface area (Å²) in [5.41, 5.74) is 1.47. The predicted octanol–water partition coefficient (Wildman–Crippen LogP) is 0.603. The molecule has 0 saturated carbocycles. The van der Waals surface area contributed by atoms with Crippen molar-refractivity contribution in [2.24, 2.45) is 0 Å². The monoisotopic (exact) mass is 651 g/mol. The van der Waals surface area contributed by atoms with Crippen LogP contribution >= 0.6 is 0 Å². The zero-order valence-corrected chi connectivity index (χ0v) is 20.1. The van der Waals surface area contributed by atoms with Crippen LogP contribution in [-0.4, -0.2) is 69.4 Å². The number of carboxylic acid groups (broad SMARTS) is 3. The maximum Gasteiger partial charge on any atom is 0.408 e. The van der Waals surface area contributed by atoms with Crippen LogP contribution < -0.4 is 13.9 Å². The van der Waals surface area contributed by atoms with Gasteiger partial charge in [0.15, 0.2) is 6.61 Å². The molecule has 0 fully saturated rings. The fraction of sp³-hybridized carbons (Fsp3) is 0.444. The molecule has 1 heterocycles. The summed E-state index contributed by atoms with van der Waals surface area (Å²) in [5, 5.41) is 29.8. The van der Waals surface area contributed by atoms with E-state index in [4.69, 9.17) is 15.3 Å². The molecular weight excluding hydrogens is 626 g/mol. The Morgan fingerprint density at radius 1 is 1.12 bits per heavy atom. The van der Waals surface area contributed by atoms with Gasteiger partial charge in [-0.2, -0.15) is 0 Å². The third kappa shape index (κ3) is 14.1. The van der Waals surface area contributed by atoms with Crippen molar-refractivity contribution < 1.29 is 69.0 Å². The van der Waals surface area contributed by atoms with Crippen LogP contribution in [0.1, 0.15) is 43.0 Å². The van der Waals surface area contributed by atoms with Gasteiger partial charge < -0.3 is 25.4 Å². The number of pyridine rings is 1. The quantitative estimate of drug-likeness (QED) is 0.173. The van der Waals surface area contributed by atoms with Crippen molar-refractivity contribution >= 4 is 35.6 Å². The molecular formula is C18H25AtN4O9. The van der Waals surface area contributed by atoms with E-state index in [0.717, 1.165) is 25.1 Å². The van der Waals surface area contributed by atoms with Gasteiger partial charge >= 0.3 is 129 Å². The number of carbonyl (C=O) groups excluding carboxylic acids is 2. The number of hydrogen-bond acceptors (Lipinski definition) is 8. The molecule has 1 unspecified atom stereocenters. The van der Waals surface area contributed by atoms with Crippen LogP contribution in [-0.2, 0) is 19.1 Å². The molecule has 0 bridgehead atoms. The molecule has 0 spiro atoms. The predicted molar refractivity (Wildman–Crippen MR) is 106 cm³/mol. The van der Waals surface area contributed by atoms with Gasteiger partial charge in [0.2, 0.25) is 0 Å². The topological polar surface area (TPSA) is 204 Å². The number of amides is 2. The van der Waals surface area contributed by atoms with Crippen molar-refractivity contribution in [2.45, 2.75) is 38.6 Å². The Bertz CT molecular complexity index is 791. The Kier molecular flexibility index (Phi) is 15.1. The average molecular weight is 651 g/mol. The van der Waals surface area contributed by atoms with Gasteiger partial charge in [0.1, 0.15) is 6.04 Å². The number of unbranched alkanes of at least 4 members (excludes halogenated alkanes) is 1. The third-order valence-electron chi connectivity index (χ3n) is 3.49. The second-order valence-electron chi connectivity index (χ2n) is 6.10. The summed E-state index contributed by atoms with van der Waals surface area (Å²) in [7, 11) is 0. The van der Waals surface area contributed by atoms with Gasteiger partial charge in [-0.25, -0.2) is 14.4 Å². The third-order valence-corrected chi connectivity index (χ3v) is 4.34. The van der Waals surface area contributed by atoms with Gasteiger partial charge in [-0.15, -0.1) is 0 Å². The number of nitrogens with zero attached hydrogens (tertiary/aromatic N) is 1. The number of carboxylic acids is 3. The van der Waals surface area contributed by atoms with Crippen LogP contribution in [0.5, 0.6) is 0 Å². The normalized spacial score (nSPS) is 10.6. The van der Waals surface area contributed by atoms with E-state index in [1.54, 1.807) is 18.5 Å². The summed E-state index contributed by atoms with van der Waals surface area (Å²) in [6.07, 6.45) is 3.36. The summed E-state index contributed by atoms with van der Waals surface area (Å²) in [6.45, 7) is 1.91. The minimum atomic E-state index is -1.44.